The highest BCUT2D eigenvalue weighted by Gasteiger charge is 2.22. The zero-order valence-corrected chi connectivity index (χ0v) is 12.6. The molecule has 0 saturated carbocycles. The molecule has 2 aromatic rings. The van der Waals surface area contributed by atoms with Gasteiger partial charge in [-0.2, -0.15) is 9.78 Å². The van der Waals surface area contributed by atoms with E-state index in [1.807, 2.05) is 36.1 Å². The number of carbonyl (C=O) groups excluding carboxylic acids is 1. The third kappa shape index (κ3) is 3.03. The summed E-state index contributed by atoms with van der Waals surface area (Å²) in [4.78, 5) is 16.4. The molecule has 1 saturated heterocycles. The Morgan fingerprint density at radius 1 is 1.14 bits per heavy atom. The maximum Gasteiger partial charge on any atom is 0.344 e. The van der Waals surface area contributed by atoms with Crippen molar-refractivity contribution in [1.29, 1.82) is 0 Å². The first-order valence-corrected chi connectivity index (χ1v) is 7.32. The van der Waals surface area contributed by atoms with Crippen molar-refractivity contribution in [3.8, 4) is 0 Å². The van der Waals surface area contributed by atoms with Crippen molar-refractivity contribution < 1.29 is 4.79 Å². The molecular formula is C15H17ClN4O. The molecule has 110 valence electrons. The van der Waals surface area contributed by atoms with Crippen molar-refractivity contribution >= 4 is 23.3 Å². The summed E-state index contributed by atoms with van der Waals surface area (Å²) in [7, 11) is 0. The average Bonchev–Trinajstić information content (AvgIpc) is 2.94. The number of hydrogen-bond donors (Lipinski definition) is 0. The third-order valence-electron chi connectivity index (χ3n) is 3.65. The lowest BCUT2D eigenvalue weighted by Crippen LogP contribution is -2.50. The van der Waals surface area contributed by atoms with Gasteiger partial charge >= 0.3 is 6.03 Å². The number of piperazine rings is 1. The Kier molecular flexibility index (Phi) is 3.84. The van der Waals surface area contributed by atoms with Gasteiger partial charge in [-0.15, -0.1) is 0 Å². The van der Waals surface area contributed by atoms with Gasteiger partial charge in [0.2, 0.25) is 0 Å². The first-order chi connectivity index (χ1) is 10.1. The van der Waals surface area contributed by atoms with Crippen LogP contribution in [0.4, 0.5) is 10.5 Å². The van der Waals surface area contributed by atoms with E-state index in [1.165, 1.54) is 4.68 Å². The van der Waals surface area contributed by atoms with E-state index < -0.39 is 0 Å². The van der Waals surface area contributed by atoms with Gasteiger partial charge in [-0.1, -0.05) is 11.6 Å². The lowest BCUT2D eigenvalue weighted by molar-refractivity contribution is 0.193. The van der Waals surface area contributed by atoms with E-state index in [0.29, 0.717) is 13.1 Å². The Morgan fingerprint density at radius 2 is 1.81 bits per heavy atom. The Hall–Kier alpha value is -2.01. The highest BCUT2D eigenvalue weighted by Crippen LogP contribution is 2.19. The zero-order chi connectivity index (χ0) is 14.8. The fourth-order valence-corrected chi connectivity index (χ4v) is 2.60. The van der Waals surface area contributed by atoms with Crippen LogP contribution < -0.4 is 4.90 Å². The van der Waals surface area contributed by atoms with Gasteiger partial charge in [-0.25, -0.2) is 4.79 Å². The lowest BCUT2D eigenvalue weighted by Gasteiger charge is -2.35. The van der Waals surface area contributed by atoms with E-state index in [9.17, 15) is 4.79 Å². The van der Waals surface area contributed by atoms with Crippen LogP contribution in [0.15, 0.2) is 36.7 Å². The number of hydrogen-bond acceptors (Lipinski definition) is 3. The van der Waals surface area contributed by atoms with Gasteiger partial charge in [0.25, 0.3) is 0 Å². The number of aromatic nitrogens is 2. The van der Waals surface area contributed by atoms with Crippen molar-refractivity contribution in [2.45, 2.75) is 6.92 Å². The van der Waals surface area contributed by atoms with Gasteiger partial charge in [0.1, 0.15) is 0 Å². The Morgan fingerprint density at radius 3 is 2.38 bits per heavy atom. The molecule has 2 heterocycles. The zero-order valence-electron chi connectivity index (χ0n) is 11.9. The topological polar surface area (TPSA) is 41.4 Å². The molecule has 21 heavy (non-hydrogen) atoms. The minimum atomic E-state index is -0.0566. The van der Waals surface area contributed by atoms with Crippen LogP contribution in [-0.4, -0.2) is 46.9 Å². The molecule has 1 aliphatic heterocycles. The van der Waals surface area contributed by atoms with E-state index in [4.69, 9.17) is 11.6 Å². The highest BCUT2D eigenvalue weighted by atomic mass is 35.5. The van der Waals surface area contributed by atoms with Crippen LogP contribution in [0, 0.1) is 6.92 Å². The summed E-state index contributed by atoms with van der Waals surface area (Å²) in [6.07, 6.45) is 3.45. The van der Waals surface area contributed by atoms with E-state index in [0.717, 1.165) is 29.4 Å². The van der Waals surface area contributed by atoms with Crippen molar-refractivity contribution in [1.82, 2.24) is 14.7 Å². The second-order valence-electron chi connectivity index (χ2n) is 5.20. The number of amides is 1. The van der Waals surface area contributed by atoms with Gasteiger partial charge < -0.3 is 9.80 Å². The molecule has 0 unspecified atom stereocenters. The predicted molar refractivity (Wildman–Crippen MR) is 83.0 cm³/mol. The summed E-state index contributed by atoms with van der Waals surface area (Å²) in [6, 6.07) is 7.74. The fourth-order valence-electron chi connectivity index (χ4n) is 2.47. The smallest absolute Gasteiger partial charge is 0.344 e. The summed E-state index contributed by atoms with van der Waals surface area (Å²) in [5.41, 5.74) is 2.13. The molecule has 0 atom stereocenters. The van der Waals surface area contributed by atoms with Crippen molar-refractivity contribution in [2.24, 2.45) is 0 Å². The second-order valence-corrected chi connectivity index (χ2v) is 5.63. The molecule has 1 aliphatic rings. The Bertz CT molecular complexity index is 629. The molecule has 3 rings (SSSR count). The maximum absolute atomic E-state index is 12.3. The molecular weight excluding hydrogens is 288 g/mol. The third-order valence-corrected chi connectivity index (χ3v) is 3.90. The van der Waals surface area contributed by atoms with Crippen LogP contribution in [0.25, 0.3) is 0 Å². The largest absolute Gasteiger partial charge is 0.368 e. The molecule has 1 aromatic carbocycles. The summed E-state index contributed by atoms with van der Waals surface area (Å²) >= 11 is 5.90. The molecule has 5 nitrogen and oxygen atoms in total. The summed E-state index contributed by atoms with van der Waals surface area (Å²) in [6.45, 7) is 4.94. The van der Waals surface area contributed by atoms with Crippen LogP contribution >= 0.6 is 11.6 Å². The predicted octanol–water partition coefficient (Wildman–Crippen LogP) is 2.64. The number of carbonyl (C=O) groups is 1. The van der Waals surface area contributed by atoms with Gasteiger partial charge in [0.15, 0.2) is 0 Å². The molecule has 0 radical (unpaired) electrons. The highest BCUT2D eigenvalue weighted by molar-refractivity contribution is 6.30. The van der Waals surface area contributed by atoms with Crippen LogP contribution in [0.2, 0.25) is 5.02 Å². The molecule has 0 N–H and O–H groups in total. The van der Waals surface area contributed by atoms with Crippen LogP contribution in [0.5, 0.6) is 0 Å². The number of anilines is 1. The standard InChI is InChI=1S/C15H17ClN4O/c1-12-10-17-20(11-12)15(21)19-8-6-18(7-9-19)14-4-2-13(16)3-5-14/h2-5,10-11H,6-9H2,1H3. The molecule has 1 amide bonds. The second kappa shape index (κ2) is 5.77. The van der Waals surface area contributed by atoms with Crippen molar-refractivity contribution in [2.75, 3.05) is 31.1 Å². The normalized spacial score (nSPS) is 15.3. The Labute approximate surface area is 128 Å². The lowest BCUT2D eigenvalue weighted by atomic mass is 10.2. The van der Waals surface area contributed by atoms with Crippen molar-refractivity contribution in [3.63, 3.8) is 0 Å². The van der Waals surface area contributed by atoms with Crippen molar-refractivity contribution in [3.05, 3.63) is 47.2 Å². The van der Waals surface area contributed by atoms with Gasteiger partial charge in [0.05, 0.1) is 6.20 Å². The van der Waals surface area contributed by atoms with E-state index in [2.05, 4.69) is 10.00 Å². The summed E-state index contributed by atoms with van der Waals surface area (Å²) < 4.78 is 1.41. The molecule has 0 spiro atoms. The molecule has 0 bridgehead atoms. The van der Waals surface area contributed by atoms with E-state index in [-0.39, 0.29) is 6.03 Å². The SMILES string of the molecule is Cc1cnn(C(=O)N2CCN(c3ccc(Cl)cc3)CC2)c1. The number of aryl methyl sites for hydroxylation is 1. The van der Waals surface area contributed by atoms with E-state index in [1.54, 1.807) is 12.4 Å². The average molecular weight is 305 g/mol. The van der Waals surface area contributed by atoms with Gasteiger partial charge in [-0.05, 0) is 36.8 Å². The van der Waals surface area contributed by atoms with E-state index >= 15 is 0 Å². The Balaban J connectivity index is 1.62. The summed E-state index contributed by atoms with van der Waals surface area (Å²) in [5.74, 6) is 0. The van der Waals surface area contributed by atoms with Crippen LogP contribution in [-0.2, 0) is 0 Å². The van der Waals surface area contributed by atoms with Gasteiger partial charge in [0, 0.05) is 43.1 Å². The first kappa shape index (κ1) is 13.9. The molecule has 6 heteroatoms. The quantitative estimate of drug-likeness (QED) is 0.813. The number of halogens is 1. The number of nitrogens with zero attached hydrogens (tertiary/aromatic N) is 4. The minimum Gasteiger partial charge on any atom is -0.368 e. The van der Waals surface area contributed by atoms with Crippen LogP contribution in [0.1, 0.15) is 5.56 Å². The minimum absolute atomic E-state index is 0.0566. The van der Waals surface area contributed by atoms with Crippen LogP contribution in [0.3, 0.4) is 0 Å². The first-order valence-electron chi connectivity index (χ1n) is 6.94. The maximum atomic E-state index is 12.3. The number of benzene rings is 1. The molecule has 1 fully saturated rings. The molecule has 1 aromatic heterocycles. The fraction of sp³-hybridized carbons (Fsp3) is 0.333. The summed E-state index contributed by atoms with van der Waals surface area (Å²) in [5, 5.41) is 4.81. The number of rotatable bonds is 1. The molecule has 0 aliphatic carbocycles. The van der Waals surface area contributed by atoms with Gasteiger partial charge in [-0.3, -0.25) is 0 Å². The monoisotopic (exact) mass is 304 g/mol.